The quantitative estimate of drug-likeness (QED) is 0.428. The molecule has 138 valence electrons. The molecule has 0 saturated heterocycles. The first-order valence-corrected chi connectivity index (χ1v) is 9.91. The Bertz CT molecular complexity index is 1100. The summed E-state index contributed by atoms with van der Waals surface area (Å²) in [6, 6.07) is 9.34. The lowest BCUT2D eigenvalue weighted by Crippen LogP contribution is -2.22. The Morgan fingerprint density at radius 3 is 2.67 bits per heavy atom. The summed E-state index contributed by atoms with van der Waals surface area (Å²) in [6.45, 7) is 9.73. The van der Waals surface area contributed by atoms with E-state index in [2.05, 4.69) is 50.0 Å². The van der Waals surface area contributed by atoms with Gasteiger partial charge in [0.05, 0.1) is 16.6 Å². The average molecular weight is 490 g/mol. The molecule has 4 nitrogen and oxygen atoms in total. The van der Waals surface area contributed by atoms with Gasteiger partial charge in [0.2, 0.25) is 0 Å². The van der Waals surface area contributed by atoms with Crippen LogP contribution in [0.5, 0.6) is 5.75 Å². The Kier molecular flexibility index (Phi) is 5.97. The van der Waals surface area contributed by atoms with Gasteiger partial charge >= 0.3 is 0 Å². The Balaban J connectivity index is 2.22. The maximum atomic E-state index is 13.2. The van der Waals surface area contributed by atoms with E-state index in [0.717, 1.165) is 25.9 Å². The number of allylic oxidation sites excluding steroid dienone is 1. The van der Waals surface area contributed by atoms with E-state index in [9.17, 15) is 4.79 Å². The summed E-state index contributed by atoms with van der Waals surface area (Å²) in [6.07, 6.45) is 4.14. The van der Waals surface area contributed by atoms with Crippen LogP contribution in [0.4, 0.5) is 0 Å². The molecule has 0 bridgehead atoms. The summed E-state index contributed by atoms with van der Waals surface area (Å²) >= 11 is 6.93. The predicted molar refractivity (Wildman–Crippen MR) is 117 cm³/mol. The van der Waals surface area contributed by atoms with Gasteiger partial charge in [0.25, 0.3) is 5.56 Å². The molecule has 3 rings (SSSR count). The van der Waals surface area contributed by atoms with E-state index in [1.807, 2.05) is 37.3 Å². The van der Waals surface area contributed by atoms with Gasteiger partial charge in [-0.25, -0.2) is 4.98 Å². The van der Waals surface area contributed by atoms with Crippen LogP contribution in [0.3, 0.4) is 0 Å². The smallest absolute Gasteiger partial charge is 0.266 e. The van der Waals surface area contributed by atoms with E-state index in [4.69, 9.17) is 4.74 Å². The zero-order valence-electron chi connectivity index (χ0n) is 14.8. The first-order valence-electron chi connectivity index (χ1n) is 8.32. The Labute approximate surface area is 174 Å². The Morgan fingerprint density at radius 2 is 1.96 bits per heavy atom. The van der Waals surface area contributed by atoms with Crippen molar-refractivity contribution in [1.82, 2.24) is 9.55 Å². The molecule has 2 aromatic carbocycles. The van der Waals surface area contributed by atoms with Crippen LogP contribution in [0.15, 0.2) is 69.4 Å². The van der Waals surface area contributed by atoms with Crippen LogP contribution in [-0.4, -0.2) is 16.2 Å². The molecule has 3 aromatic rings. The van der Waals surface area contributed by atoms with Crippen LogP contribution in [0.2, 0.25) is 0 Å². The summed E-state index contributed by atoms with van der Waals surface area (Å²) < 4.78 is 8.92. The minimum atomic E-state index is -0.121. The number of hydrogen-bond donors (Lipinski definition) is 0. The summed E-state index contributed by atoms with van der Waals surface area (Å²) in [7, 11) is 0. The van der Waals surface area contributed by atoms with E-state index < -0.39 is 0 Å². The molecule has 1 heterocycles. The highest BCUT2D eigenvalue weighted by Gasteiger charge is 2.14. The molecule has 1 aromatic heterocycles. The van der Waals surface area contributed by atoms with Crippen LogP contribution in [0, 0.1) is 6.92 Å². The molecule has 0 N–H and O–H groups in total. The average Bonchev–Trinajstić information content (AvgIpc) is 2.62. The number of hydrogen-bond acceptors (Lipinski definition) is 3. The second kappa shape index (κ2) is 8.23. The summed E-state index contributed by atoms with van der Waals surface area (Å²) in [5, 5.41) is 0.541. The normalized spacial score (nSPS) is 10.8. The monoisotopic (exact) mass is 488 g/mol. The van der Waals surface area contributed by atoms with Gasteiger partial charge in [-0.2, -0.15) is 0 Å². The van der Waals surface area contributed by atoms with Crippen molar-refractivity contribution in [3.05, 3.63) is 86.3 Å². The van der Waals surface area contributed by atoms with Gasteiger partial charge in [0, 0.05) is 8.95 Å². The molecule has 0 aliphatic rings. The summed E-state index contributed by atoms with van der Waals surface area (Å²) in [5.74, 6) is 1.36. The van der Waals surface area contributed by atoms with Crippen LogP contribution in [0.25, 0.3) is 16.6 Å². The molecule has 0 atom stereocenters. The van der Waals surface area contributed by atoms with Crippen molar-refractivity contribution in [1.29, 1.82) is 0 Å². The van der Waals surface area contributed by atoms with Crippen molar-refractivity contribution in [2.75, 3.05) is 6.61 Å². The first kappa shape index (κ1) is 19.6. The van der Waals surface area contributed by atoms with Gasteiger partial charge in [-0.3, -0.25) is 9.36 Å². The molecule has 0 amide bonds. The van der Waals surface area contributed by atoms with Crippen LogP contribution < -0.4 is 10.3 Å². The lowest BCUT2D eigenvalue weighted by molar-refractivity contribution is 0.360. The van der Waals surface area contributed by atoms with Crippen LogP contribution in [0.1, 0.15) is 11.4 Å². The number of nitrogens with zero attached hydrogens (tertiary/aromatic N) is 2. The largest absolute Gasteiger partial charge is 0.489 e. The molecular formula is C21H18Br2N2O2. The molecule has 0 radical (unpaired) electrons. The summed E-state index contributed by atoms with van der Waals surface area (Å²) in [5.41, 5.74) is 2.22. The van der Waals surface area contributed by atoms with Crippen molar-refractivity contribution in [3.8, 4) is 11.4 Å². The maximum absolute atomic E-state index is 13.2. The lowest BCUT2D eigenvalue weighted by atomic mass is 10.1. The first-order chi connectivity index (χ1) is 13.0. The van der Waals surface area contributed by atoms with Crippen LogP contribution >= 0.6 is 31.9 Å². The minimum absolute atomic E-state index is 0.121. The zero-order chi connectivity index (χ0) is 19.6. The number of benzene rings is 2. The van der Waals surface area contributed by atoms with E-state index in [1.54, 1.807) is 16.7 Å². The minimum Gasteiger partial charge on any atom is -0.489 e. The number of fused-ring (bicyclic) bond motifs is 1. The third kappa shape index (κ3) is 3.92. The highest BCUT2D eigenvalue weighted by Crippen LogP contribution is 2.27. The highest BCUT2D eigenvalue weighted by atomic mass is 79.9. The van der Waals surface area contributed by atoms with Crippen molar-refractivity contribution in [2.24, 2.45) is 0 Å². The molecule has 0 spiro atoms. The van der Waals surface area contributed by atoms with Gasteiger partial charge in [-0.15, -0.1) is 6.58 Å². The van der Waals surface area contributed by atoms with Gasteiger partial charge in [0.1, 0.15) is 18.2 Å². The molecule has 6 heteroatoms. The number of aryl methyl sites for hydroxylation is 1. The van der Waals surface area contributed by atoms with E-state index in [-0.39, 0.29) is 5.56 Å². The maximum Gasteiger partial charge on any atom is 0.266 e. The van der Waals surface area contributed by atoms with Crippen molar-refractivity contribution in [2.45, 2.75) is 13.3 Å². The topological polar surface area (TPSA) is 44.1 Å². The lowest BCUT2D eigenvalue weighted by Gasteiger charge is -2.15. The third-order valence-electron chi connectivity index (χ3n) is 4.08. The second-order valence-electron chi connectivity index (χ2n) is 5.97. The Morgan fingerprint density at radius 1 is 1.19 bits per heavy atom. The number of ether oxygens (including phenoxy) is 1. The predicted octanol–water partition coefficient (Wildman–Crippen LogP) is 5.51. The van der Waals surface area contributed by atoms with E-state index in [0.29, 0.717) is 29.8 Å². The summed E-state index contributed by atoms with van der Waals surface area (Å²) in [4.78, 5) is 17.8. The molecule has 0 saturated carbocycles. The van der Waals surface area contributed by atoms with Gasteiger partial charge in [-0.05, 0) is 65.2 Å². The SMILES string of the molecule is C=CCOc1ccc(-n2c(C)nc3c(Br)cc(Br)cc3c2=O)cc1CC=C. The fraction of sp³-hybridized carbons (Fsp3) is 0.143. The van der Waals surface area contributed by atoms with E-state index in [1.165, 1.54) is 0 Å². The van der Waals surface area contributed by atoms with Gasteiger partial charge in [0.15, 0.2) is 0 Å². The molecule has 0 fully saturated rings. The van der Waals surface area contributed by atoms with Crippen LogP contribution in [-0.2, 0) is 6.42 Å². The van der Waals surface area contributed by atoms with Gasteiger partial charge < -0.3 is 4.74 Å². The molecule has 0 aliphatic carbocycles. The number of halogens is 2. The Hall–Kier alpha value is -2.18. The van der Waals surface area contributed by atoms with Gasteiger partial charge in [-0.1, -0.05) is 34.7 Å². The van der Waals surface area contributed by atoms with Crippen molar-refractivity contribution in [3.63, 3.8) is 0 Å². The fourth-order valence-electron chi connectivity index (χ4n) is 2.94. The van der Waals surface area contributed by atoms with Crippen molar-refractivity contribution >= 4 is 42.8 Å². The van der Waals surface area contributed by atoms with Crippen molar-refractivity contribution < 1.29 is 4.74 Å². The molecule has 0 aliphatic heterocycles. The molecule has 27 heavy (non-hydrogen) atoms. The number of rotatable bonds is 6. The molecular weight excluding hydrogens is 472 g/mol. The molecule has 0 unspecified atom stereocenters. The van der Waals surface area contributed by atoms with E-state index >= 15 is 0 Å². The zero-order valence-corrected chi connectivity index (χ0v) is 18.0. The fourth-order valence-corrected chi connectivity index (χ4v) is 4.25. The second-order valence-corrected chi connectivity index (χ2v) is 7.74. The third-order valence-corrected chi connectivity index (χ3v) is 5.14. The standard InChI is InChI=1S/C21H18Br2N2O2/c1-4-6-14-10-16(7-8-19(14)27-9-5-2)25-13(3)24-20-17(21(25)26)11-15(22)12-18(20)23/h4-5,7-8,10-12H,1-2,6,9H2,3H3. The highest BCUT2D eigenvalue weighted by molar-refractivity contribution is 9.11. The number of aromatic nitrogens is 2.